The van der Waals surface area contributed by atoms with E-state index in [-0.39, 0.29) is 29.9 Å². The highest BCUT2D eigenvalue weighted by molar-refractivity contribution is 7.85. The number of hydrogen-bond acceptors (Lipinski definition) is 5. The van der Waals surface area contributed by atoms with Crippen molar-refractivity contribution in [3.8, 4) is 0 Å². The van der Waals surface area contributed by atoms with Gasteiger partial charge in [0.1, 0.15) is 25.7 Å². The lowest BCUT2D eigenvalue weighted by Gasteiger charge is -2.38. The molecule has 0 aliphatic heterocycles. The second kappa shape index (κ2) is 8.03. The Morgan fingerprint density at radius 3 is 1.94 bits per heavy atom. The molecule has 0 aromatic rings. The Morgan fingerprint density at radius 2 is 1.61 bits per heavy atom. The highest BCUT2D eigenvalue weighted by atomic mass is 32.2. The molecule has 0 aliphatic carbocycles. The minimum absolute atomic E-state index is 0.113. The molecule has 4 N–H and O–H groups in total. The van der Waals surface area contributed by atoms with Gasteiger partial charge in [-0.2, -0.15) is 8.42 Å². The first-order valence-electron chi connectivity index (χ1n) is 5.95. The van der Waals surface area contributed by atoms with E-state index < -0.39 is 16.2 Å². The van der Waals surface area contributed by atoms with Crippen LogP contribution in [0.15, 0.2) is 0 Å². The van der Waals surface area contributed by atoms with Crippen molar-refractivity contribution in [3.05, 3.63) is 0 Å². The Hall–Kier alpha value is -0.250. The van der Waals surface area contributed by atoms with Crippen LogP contribution in [-0.4, -0.2) is 84.0 Å². The Bertz CT molecular complexity index is 310. The summed E-state index contributed by atoms with van der Waals surface area (Å²) in [6, 6.07) is 0. The molecule has 0 saturated heterocycles. The Labute approximate surface area is 108 Å². The van der Waals surface area contributed by atoms with Crippen molar-refractivity contribution in [2.45, 2.75) is 19.4 Å². The van der Waals surface area contributed by atoms with Gasteiger partial charge in [-0.1, -0.05) is 0 Å². The fourth-order valence-electron chi connectivity index (χ4n) is 2.18. The summed E-state index contributed by atoms with van der Waals surface area (Å²) in [5.41, 5.74) is 0. The third-order valence-electron chi connectivity index (χ3n) is 2.83. The average Bonchev–Trinajstić information content (AvgIpc) is 2.14. The van der Waals surface area contributed by atoms with Gasteiger partial charge < -0.3 is 19.8 Å². The van der Waals surface area contributed by atoms with Crippen molar-refractivity contribution in [2.75, 3.05) is 45.1 Å². The molecule has 0 bridgehead atoms. The summed E-state index contributed by atoms with van der Waals surface area (Å²) in [6.45, 7) is 2.73. The van der Waals surface area contributed by atoms with Crippen LogP contribution >= 0.6 is 0 Å². The van der Waals surface area contributed by atoms with E-state index in [0.29, 0.717) is 26.2 Å². The molecule has 0 spiro atoms. The summed E-state index contributed by atoms with van der Waals surface area (Å²) in [5, 5.41) is 27.6. The van der Waals surface area contributed by atoms with E-state index >= 15 is 0 Å². The fourth-order valence-corrected chi connectivity index (χ4v) is 2.67. The first kappa shape index (κ1) is 17.8. The molecule has 0 heterocycles. The summed E-state index contributed by atoms with van der Waals surface area (Å²) in [6.07, 6.45) is -0.403. The number of nitrogens with zero attached hydrogens (tertiary/aromatic N) is 1. The van der Waals surface area contributed by atoms with E-state index in [4.69, 9.17) is 14.8 Å². The second-order valence-electron chi connectivity index (χ2n) is 4.63. The van der Waals surface area contributed by atoms with Gasteiger partial charge in [0.05, 0.1) is 25.5 Å². The smallest absolute Gasteiger partial charge is 0.265 e. The Morgan fingerprint density at radius 1 is 1.11 bits per heavy atom. The fraction of sp³-hybridized carbons (Fsp3) is 1.00. The van der Waals surface area contributed by atoms with Crippen molar-refractivity contribution >= 4 is 10.1 Å². The number of rotatable bonds is 10. The molecular weight excluding hydrogens is 262 g/mol. The van der Waals surface area contributed by atoms with E-state index in [1.807, 2.05) is 0 Å². The van der Waals surface area contributed by atoms with Gasteiger partial charge in [-0.3, -0.25) is 4.55 Å². The lowest BCUT2D eigenvalue weighted by molar-refractivity contribution is -0.931. The van der Waals surface area contributed by atoms with Crippen LogP contribution < -0.4 is 0 Å². The number of hydrogen-bond donors (Lipinski definition) is 4. The summed E-state index contributed by atoms with van der Waals surface area (Å²) in [4.78, 5) is 0. The van der Waals surface area contributed by atoms with Crippen molar-refractivity contribution in [1.29, 1.82) is 0 Å². The van der Waals surface area contributed by atoms with Gasteiger partial charge in [0.2, 0.25) is 0 Å². The van der Waals surface area contributed by atoms with E-state index in [1.165, 1.54) is 0 Å². The van der Waals surface area contributed by atoms with Gasteiger partial charge in [0.15, 0.2) is 0 Å². The van der Waals surface area contributed by atoms with Crippen LogP contribution in [0.5, 0.6) is 0 Å². The maximum atomic E-state index is 10.7. The first-order valence-corrected chi connectivity index (χ1v) is 7.55. The average molecular weight is 286 g/mol. The molecule has 0 aromatic heterocycles. The van der Waals surface area contributed by atoms with Crippen LogP contribution in [0.4, 0.5) is 0 Å². The standard InChI is InChI=1S/C10H23NO6S/c1-10(14)9-11(4-6-12,5-7-13)3-2-8-18(15,16)17/h10,12-14H,2-9H2,1H3/p+1. The molecule has 7 nitrogen and oxygen atoms in total. The predicted octanol–water partition coefficient (Wildman–Crippen LogP) is -1.55. The van der Waals surface area contributed by atoms with Crippen molar-refractivity contribution in [1.82, 2.24) is 0 Å². The van der Waals surface area contributed by atoms with E-state index in [0.717, 1.165) is 0 Å². The van der Waals surface area contributed by atoms with Crippen LogP contribution in [0, 0.1) is 0 Å². The zero-order chi connectivity index (χ0) is 14.2. The molecule has 0 amide bonds. The normalized spacial score (nSPS) is 14.7. The molecule has 0 fully saturated rings. The minimum atomic E-state index is -4.00. The molecule has 0 aliphatic rings. The molecule has 18 heavy (non-hydrogen) atoms. The van der Waals surface area contributed by atoms with Gasteiger partial charge >= 0.3 is 0 Å². The second-order valence-corrected chi connectivity index (χ2v) is 6.20. The largest absolute Gasteiger partial charge is 0.391 e. The topological polar surface area (TPSA) is 115 Å². The SMILES string of the molecule is CC(O)C[N+](CCO)(CCO)CCCS(=O)(=O)O. The van der Waals surface area contributed by atoms with Gasteiger partial charge in [0, 0.05) is 6.42 Å². The van der Waals surface area contributed by atoms with Crippen LogP contribution in [0.1, 0.15) is 13.3 Å². The third-order valence-corrected chi connectivity index (χ3v) is 3.64. The van der Waals surface area contributed by atoms with Gasteiger partial charge in [-0.05, 0) is 6.92 Å². The lowest BCUT2D eigenvalue weighted by Crippen LogP contribution is -2.55. The number of quaternary nitrogens is 1. The molecule has 0 rings (SSSR count). The Balaban J connectivity index is 4.60. The van der Waals surface area contributed by atoms with Gasteiger partial charge in [0.25, 0.3) is 10.1 Å². The maximum Gasteiger partial charge on any atom is 0.265 e. The summed E-state index contributed by atoms with van der Waals surface area (Å²) in [5.74, 6) is -0.357. The third kappa shape index (κ3) is 7.96. The zero-order valence-corrected chi connectivity index (χ0v) is 11.5. The van der Waals surface area contributed by atoms with Crippen LogP contribution in [0.3, 0.4) is 0 Å². The van der Waals surface area contributed by atoms with Crippen LogP contribution in [0.2, 0.25) is 0 Å². The zero-order valence-electron chi connectivity index (χ0n) is 10.7. The molecule has 0 aromatic carbocycles. The quantitative estimate of drug-likeness (QED) is 0.285. The molecule has 8 heteroatoms. The molecule has 110 valence electrons. The van der Waals surface area contributed by atoms with Crippen molar-refractivity contribution in [2.24, 2.45) is 0 Å². The molecule has 0 saturated carbocycles. The predicted molar refractivity (Wildman–Crippen MR) is 66.6 cm³/mol. The number of aliphatic hydroxyl groups excluding tert-OH is 3. The van der Waals surface area contributed by atoms with E-state index in [2.05, 4.69) is 0 Å². The van der Waals surface area contributed by atoms with Crippen molar-refractivity contribution in [3.63, 3.8) is 0 Å². The van der Waals surface area contributed by atoms with Gasteiger partial charge in [-0.15, -0.1) is 0 Å². The molecule has 1 unspecified atom stereocenters. The molecule has 0 radical (unpaired) electrons. The minimum Gasteiger partial charge on any atom is -0.391 e. The Kier molecular flexibility index (Phi) is 7.92. The summed E-state index contributed by atoms with van der Waals surface area (Å²) >= 11 is 0. The maximum absolute atomic E-state index is 10.7. The monoisotopic (exact) mass is 286 g/mol. The summed E-state index contributed by atoms with van der Waals surface area (Å²) in [7, 11) is -4.00. The van der Waals surface area contributed by atoms with Crippen LogP contribution in [0.25, 0.3) is 0 Å². The van der Waals surface area contributed by atoms with Gasteiger partial charge in [-0.25, -0.2) is 0 Å². The first-order chi connectivity index (χ1) is 8.24. The van der Waals surface area contributed by atoms with Crippen LogP contribution in [-0.2, 0) is 10.1 Å². The van der Waals surface area contributed by atoms with E-state index in [1.54, 1.807) is 6.92 Å². The highest BCUT2D eigenvalue weighted by Gasteiger charge is 2.28. The highest BCUT2D eigenvalue weighted by Crippen LogP contribution is 2.10. The molecular formula is C10H24NO6S+. The molecule has 1 atom stereocenters. The number of aliphatic hydroxyl groups is 3. The summed E-state index contributed by atoms with van der Waals surface area (Å²) < 4.78 is 30.2. The lowest BCUT2D eigenvalue weighted by atomic mass is 10.2. The van der Waals surface area contributed by atoms with E-state index in [9.17, 15) is 13.5 Å². The van der Waals surface area contributed by atoms with Crippen molar-refractivity contribution < 1.29 is 32.8 Å².